The smallest absolute Gasteiger partial charge is 0.171 e. The Bertz CT molecular complexity index is 751. The van der Waals surface area contributed by atoms with E-state index in [1.807, 2.05) is 36.7 Å². The third-order valence-corrected chi connectivity index (χ3v) is 5.96. The lowest BCUT2D eigenvalue weighted by Crippen LogP contribution is -2.45. The van der Waals surface area contributed by atoms with E-state index in [0.717, 1.165) is 24.3 Å². The first kappa shape index (κ1) is 18.2. The lowest BCUT2D eigenvalue weighted by Gasteiger charge is -2.32. The zero-order valence-electron chi connectivity index (χ0n) is 15.6. The van der Waals surface area contributed by atoms with E-state index in [9.17, 15) is 0 Å². The molecule has 2 aliphatic rings. The summed E-state index contributed by atoms with van der Waals surface area (Å²) < 4.78 is 6.03. The van der Waals surface area contributed by atoms with Crippen LogP contribution in [0.25, 0.3) is 0 Å². The zero-order chi connectivity index (χ0) is 18.5. The summed E-state index contributed by atoms with van der Waals surface area (Å²) in [5, 5.41) is 7.59. The second-order valence-corrected chi connectivity index (χ2v) is 8.06. The van der Waals surface area contributed by atoms with Crippen molar-refractivity contribution < 1.29 is 4.74 Å². The molecule has 2 N–H and O–H groups in total. The van der Waals surface area contributed by atoms with E-state index in [1.165, 1.54) is 44.1 Å². The molecule has 2 saturated carbocycles. The van der Waals surface area contributed by atoms with Gasteiger partial charge in [-0.3, -0.25) is 4.98 Å². The molecule has 0 spiro atoms. The molecule has 5 heteroatoms. The quantitative estimate of drug-likeness (QED) is 0.701. The minimum absolute atomic E-state index is 0.0848. The van der Waals surface area contributed by atoms with Crippen LogP contribution in [0.3, 0.4) is 0 Å². The topological polar surface area (TPSA) is 46.2 Å². The van der Waals surface area contributed by atoms with Crippen molar-refractivity contribution in [2.45, 2.75) is 63.0 Å². The highest BCUT2D eigenvalue weighted by Crippen LogP contribution is 2.38. The van der Waals surface area contributed by atoms with Gasteiger partial charge < -0.3 is 15.4 Å². The molecular weight excluding hydrogens is 354 g/mol. The molecule has 2 aromatic rings. The summed E-state index contributed by atoms with van der Waals surface area (Å²) in [4.78, 5) is 4.15. The van der Waals surface area contributed by atoms with Crippen LogP contribution in [0.5, 0.6) is 5.75 Å². The van der Waals surface area contributed by atoms with Gasteiger partial charge in [-0.2, -0.15) is 0 Å². The molecule has 4 nitrogen and oxygen atoms in total. The number of ether oxygens (including phenoxy) is 1. The molecule has 142 valence electrons. The maximum atomic E-state index is 6.03. The Morgan fingerprint density at radius 3 is 2.30 bits per heavy atom. The van der Waals surface area contributed by atoms with Gasteiger partial charge in [-0.05, 0) is 92.7 Å². The van der Waals surface area contributed by atoms with Crippen molar-refractivity contribution in [1.29, 1.82) is 0 Å². The summed E-state index contributed by atoms with van der Waals surface area (Å²) in [5.74, 6) is 0.940. The number of hydrogen-bond donors (Lipinski definition) is 2. The number of thiocarbonyl (C=S) groups is 1. The summed E-state index contributed by atoms with van der Waals surface area (Å²) >= 11 is 5.62. The summed E-state index contributed by atoms with van der Waals surface area (Å²) in [6, 6.07) is 12.3. The molecule has 2 fully saturated rings. The number of anilines is 1. The van der Waals surface area contributed by atoms with Crippen molar-refractivity contribution in [2.24, 2.45) is 0 Å². The van der Waals surface area contributed by atoms with E-state index >= 15 is 0 Å². The summed E-state index contributed by atoms with van der Waals surface area (Å²) in [7, 11) is 0. The Morgan fingerprint density at radius 2 is 1.63 bits per heavy atom. The summed E-state index contributed by atoms with van der Waals surface area (Å²) in [6.07, 6.45) is 13.6. The largest absolute Gasteiger partial charge is 0.490 e. The second-order valence-electron chi connectivity index (χ2n) is 7.65. The van der Waals surface area contributed by atoms with Crippen LogP contribution >= 0.6 is 12.2 Å². The van der Waals surface area contributed by atoms with E-state index in [2.05, 4.69) is 27.8 Å². The number of aromatic nitrogens is 1. The Labute approximate surface area is 166 Å². The van der Waals surface area contributed by atoms with Crippen LogP contribution in [0.1, 0.15) is 56.9 Å². The van der Waals surface area contributed by atoms with Gasteiger partial charge in [0.05, 0.1) is 11.6 Å². The first-order valence-electron chi connectivity index (χ1n) is 10.00. The number of nitrogens with one attached hydrogen (secondary N) is 2. The van der Waals surface area contributed by atoms with Gasteiger partial charge in [0.25, 0.3) is 0 Å². The van der Waals surface area contributed by atoms with Gasteiger partial charge >= 0.3 is 0 Å². The van der Waals surface area contributed by atoms with Crippen molar-refractivity contribution in [1.82, 2.24) is 10.3 Å². The van der Waals surface area contributed by atoms with Gasteiger partial charge in [0.2, 0.25) is 0 Å². The van der Waals surface area contributed by atoms with Gasteiger partial charge in [-0.1, -0.05) is 12.8 Å². The van der Waals surface area contributed by atoms with Crippen molar-refractivity contribution in [3.8, 4) is 5.75 Å². The van der Waals surface area contributed by atoms with Gasteiger partial charge in [-0.15, -0.1) is 0 Å². The van der Waals surface area contributed by atoms with Gasteiger partial charge in [0.1, 0.15) is 5.75 Å². The van der Waals surface area contributed by atoms with Crippen LogP contribution in [0.2, 0.25) is 0 Å². The molecule has 0 saturated heterocycles. The number of pyridine rings is 1. The number of benzene rings is 1. The zero-order valence-corrected chi connectivity index (χ0v) is 16.4. The SMILES string of the molecule is S=C(Nc1ccc(OC2CCCC2)cc1)NC1(c2ccncc2)CCCC1. The molecule has 0 amide bonds. The second kappa shape index (κ2) is 8.26. The highest BCUT2D eigenvalue weighted by molar-refractivity contribution is 7.80. The highest BCUT2D eigenvalue weighted by Gasteiger charge is 2.36. The third kappa shape index (κ3) is 4.41. The van der Waals surface area contributed by atoms with Crippen LogP contribution in [0.15, 0.2) is 48.8 Å². The van der Waals surface area contributed by atoms with Crippen LogP contribution in [-0.4, -0.2) is 16.2 Å². The summed E-state index contributed by atoms with van der Waals surface area (Å²) in [5.41, 5.74) is 2.16. The molecule has 1 aromatic carbocycles. The number of hydrogen-bond acceptors (Lipinski definition) is 3. The fourth-order valence-corrected chi connectivity index (χ4v) is 4.64. The Hall–Kier alpha value is -2.14. The average Bonchev–Trinajstić information content (AvgIpc) is 3.37. The molecule has 0 bridgehead atoms. The third-order valence-electron chi connectivity index (χ3n) is 5.76. The molecule has 4 rings (SSSR count). The molecule has 0 atom stereocenters. The van der Waals surface area contributed by atoms with Gasteiger partial charge in [-0.25, -0.2) is 0 Å². The minimum Gasteiger partial charge on any atom is -0.490 e. The number of rotatable bonds is 5. The molecule has 2 aliphatic carbocycles. The van der Waals surface area contributed by atoms with Crippen molar-refractivity contribution in [2.75, 3.05) is 5.32 Å². The van der Waals surface area contributed by atoms with Crippen LogP contribution in [-0.2, 0) is 5.54 Å². The molecular formula is C22H27N3OS. The Balaban J connectivity index is 1.38. The standard InChI is InChI=1S/C22H27N3OS/c27-21(25-22(13-3-4-14-22)17-11-15-23-16-12-17)24-18-7-9-20(10-8-18)26-19-5-1-2-6-19/h7-12,15-16,19H,1-6,13-14H2,(H2,24,25,27). The Morgan fingerprint density at radius 1 is 0.963 bits per heavy atom. The summed E-state index contributed by atoms with van der Waals surface area (Å²) in [6.45, 7) is 0. The van der Waals surface area contributed by atoms with E-state index in [4.69, 9.17) is 17.0 Å². The van der Waals surface area contributed by atoms with Crippen molar-refractivity contribution in [3.05, 3.63) is 54.4 Å². The maximum Gasteiger partial charge on any atom is 0.171 e. The van der Waals surface area contributed by atoms with E-state index in [1.54, 1.807) is 0 Å². The van der Waals surface area contributed by atoms with Crippen LogP contribution in [0, 0.1) is 0 Å². The van der Waals surface area contributed by atoms with E-state index in [0.29, 0.717) is 11.2 Å². The van der Waals surface area contributed by atoms with Crippen LogP contribution < -0.4 is 15.4 Å². The average molecular weight is 382 g/mol. The Kier molecular flexibility index (Phi) is 5.58. The molecule has 27 heavy (non-hydrogen) atoms. The lowest BCUT2D eigenvalue weighted by molar-refractivity contribution is 0.210. The van der Waals surface area contributed by atoms with Crippen molar-refractivity contribution >= 4 is 23.0 Å². The minimum atomic E-state index is -0.0848. The first-order chi connectivity index (χ1) is 13.2. The lowest BCUT2D eigenvalue weighted by atomic mass is 9.89. The number of nitrogens with zero attached hydrogens (tertiary/aromatic N) is 1. The molecule has 0 unspecified atom stereocenters. The normalized spacial score (nSPS) is 19.0. The predicted octanol–water partition coefficient (Wildman–Crippen LogP) is 5.16. The van der Waals surface area contributed by atoms with Crippen molar-refractivity contribution in [3.63, 3.8) is 0 Å². The van der Waals surface area contributed by atoms with Crippen LogP contribution in [0.4, 0.5) is 5.69 Å². The first-order valence-corrected chi connectivity index (χ1v) is 10.4. The highest BCUT2D eigenvalue weighted by atomic mass is 32.1. The fourth-order valence-electron chi connectivity index (χ4n) is 4.33. The van der Waals surface area contributed by atoms with E-state index < -0.39 is 0 Å². The van der Waals surface area contributed by atoms with E-state index in [-0.39, 0.29) is 5.54 Å². The molecule has 0 radical (unpaired) electrons. The predicted molar refractivity (Wildman–Crippen MR) is 113 cm³/mol. The maximum absolute atomic E-state index is 6.03. The van der Waals surface area contributed by atoms with Gasteiger partial charge in [0, 0.05) is 18.1 Å². The molecule has 1 aromatic heterocycles. The molecule has 1 heterocycles. The monoisotopic (exact) mass is 381 g/mol. The fraction of sp³-hybridized carbons (Fsp3) is 0.455. The molecule has 0 aliphatic heterocycles. The van der Waals surface area contributed by atoms with Gasteiger partial charge in [0.15, 0.2) is 5.11 Å².